The summed E-state index contributed by atoms with van der Waals surface area (Å²) < 4.78 is 2.55. The van der Waals surface area contributed by atoms with E-state index in [2.05, 4.69) is 20.9 Å². The SMILES string of the molecule is CCc1nc2scc(-c3ccc(Br)cc3)c2c(=O)n1CCC(N)=O. The number of nitrogens with zero attached hydrogens (tertiary/aromatic N) is 2. The number of primary amides is 1. The fourth-order valence-electron chi connectivity index (χ4n) is 2.63. The molecule has 2 aromatic heterocycles. The third-order valence-corrected chi connectivity index (χ3v) is 5.23. The lowest BCUT2D eigenvalue weighted by molar-refractivity contribution is -0.118. The molecule has 5 nitrogen and oxygen atoms in total. The number of rotatable bonds is 5. The number of benzene rings is 1. The van der Waals surface area contributed by atoms with E-state index in [1.807, 2.05) is 36.6 Å². The van der Waals surface area contributed by atoms with Crippen LogP contribution in [0.5, 0.6) is 0 Å². The summed E-state index contributed by atoms with van der Waals surface area (Å²) in [5.41, 5.74) is 6.96. The normalized spacial score (nSPS) is 11.1. The van der Waals surface area contributed by atoms with Crippen LogP contribution in [0, 0.1) is 0 Å². The van der Waals surface area contributed by atoms with Crippen molar-refractivity contribution in [3.05, 3.63) is 50.3 Å². The third-order valence-electron chi connectivity index (χ3n) is 3.83. The maximum atomic E-state index is 13.0. The van der Waals surface area contributed by atoms with Gasteiger partial charge in [-0.3, -0.25) is 14.2 Å². The van der Waals surface area contributed by atoms with E-state index in [1.165, 1.54) is 11.3 Å². The van der Waals surface area contributed by atoms with Crippen molar-refractivity contribution in [2.45, 2.75) is 26.3 Å². The van der Waals surface area contributed by atoms with Crippen molar-refractivity contribution in [3.63, 3.8) is 0 Å². The highest BCUT2D eigenvalue weighted by Gasteiger charge is 2.16. The molecule has 1 amide bonds. The minimum absolute atomic E-state index is 0.114. The molecule has 0 spiro atoms. The van der Waals surface area contributed by atoms with E-state index in [9.17, 15) is 9.59 Å². The number of nitrogens with two attached hydrogens (primary N) is 1. The summed E-state index contributed by atoms with van der Waals surface area (Å²) in [6, 6.07) is 7.82. The second kappa shape index (κ2) is 6.86. The van der Waals surface area contributed by atoms with E-state index in [0.717, 1.165) is 20.4 Å². The fraction of sp³-hybridized carbons (Fsp3) is 0.235. The highest BCUT2D eigenvalue weighted by Crippen LogP contribution is 2.31. The largest absolute Gasteiger partial charge is 0.370 e. The monoisotopic (exact) mass is 405 g/mol. The maximum Gasteiger partial charge on any atom is 0.262 e. The van der Waals surface area contributed by atoms with E-state index in [-0.39, 0.29) is 18.5 Å². The Balaban J connectivity index is 2.20. The number of halogens is 1. The summed E-state index contributed by atoms with van der Waals surface area (Å²) in [4.78, 5) is 29.5. The number of carbonyl (C=O) groups is 1. The number of aromatic nitrogens is 2. The lowest BCUT2D eigenvalue weighted by atomic mass is 10.1. The summed E-state index contributed by atoms with van der Waals surface area (Å²) in [6.45, 7) is 2.20. The van der Waals surface area contributed by atoms with Gasteiger partial charge in [-0.05, 0) is 17.7 Å². The van der Waals surface area contributed by atoms with Gasteiger partial charge in [-0.2, -0.15) is 0 Å². The van der Waals surface area contributed by atoms with Crippen LogP contribution in [0.3, 0.4) is 0 Å². The average molecular weight is 406 g/mol. The predicted octanol–water partition coefficient (Wildman–Crippen LogP) is 3.33. The van der Waals surface area contributed by atoms with Gasteiger partial charge < -0.3 is 5.73 Å². The van der Waals surface area contributed by atoms with Gasteiger partial charge in [0.2, 0.25) is 5.91 Å². The molecule has 0 unspecified atom stereocenters. The fourth-order valence-corrected chi connectivity index (χ4v) is 3.85. The maximum absolute atomic E-state index is 13.0. The summed E-state index contributed by atoms with van der Waals surface area (Å²) in [5, 5.41) is 2.56. The van der Waals surface area contributed by atoms with Crippen molar-refractivity contribution >= 4 is 43.4 Å². The number of fused-ring (bicyclic) bond motifs is 1. The molecule has 124 valence electrons. The molecule has 3 rings (SSSR count). The summed E-state index contributed by atoms with van der Waals surface area (Å²) >= 11 is 4.88. The Kier molecular flexibility index (Phi) is 4.82. The Morgan fingerprint density at radius 3 is 2.67 bits per heavy atom. The van der Waals surface area contributed by atoms with Crippen LogP contribution < -0.4 is 11.3 Å². The summed E-state index contributed by atoms with van der Waals surface area (Å²) in [6.07, 6.45) is 0.743. The van der Waals surface area contributed by atoms with Crippen LogP contribution in [0.1, 0.15) is 19.2 Å². The predicted molar refractivity (Wildman–Crippen MR) is 100 cm³/mol. The van der Waals surface area contributed by atoms with Crippen LogP contribution in [0.2, 0.25) is 0 Å². The number of thiophene rings is 1. The van der Waals surface area contributed by atoms with Crippen LogP contribution in [0.4, 0.5) is 0 Å². The van der Waals surface area contributed by atoms with Crippen LogP contribution >= 0.6 is 27.3 Å². The molecular weight excluding hydrogens is 390 g/mol. The molecule has 0 saturated heterocycles. The molecule has 0 saturated carbocycles. The number of amides is 1. The zero-order valence-corrected chi connectivity index (χ0v) is 15.5. The summed E-state index contributed by atoms with van der Waals surface area (Å²) in [5.74, 6) is 0.250. The molecule has 0 bridgehead atoms. The van der Waals surface area contributed by atoms with Gasteiger partial charge in [0.25, 0.3) is 5.56 Å². The van der Waals surface area contributed by atoms with Gasteiger partial charge in [0.05, 0.1) is 5.39 Å². The number of hydrogen-bond acceptors (Lipinski definition) is 4. The molecule has 24 heavy (non-hydrogen) atoms. The highest BCUT2D eigenvalue weighted by molar-refractivity contribution is 9.10. The van der Waals surface area contributed by atoms with E-state index in [0.29, 0.717) is 17.6 Å². The first-order valence-corrected chi connectivity index (χ1v) is 9.23. The van der Waals surface area contributed by atoms with E-state index in [1.54, 1.807) is 4.57 Å². The van der Waals surface area contributed by atoms with Crippen molar-refractivity contribution in [3.8, 4) is 11.1 Å². The Bertz CT molecular complexity index is 960. The van der Waals surface area contributed by atoms with Gasteiger partial charge in [0, 0.05) is 34.8 Å². The first-order chi connectivity index (χ1) is 11.5. The minimum atomic E-state index is -0.428. The number of hydrogen-bond donors (Lipinski definition) is 1. The molecule has 0 fully saturated rings. The molecule has 0 atom stereocenters. The van der Waals surface area contributed by atoms with Gasteiger partial charge in [-0.1, -0.05) is 35.0 Å². The molecule has 0 radical (unpaired) electrons. The van der Waals surface area contributed by atoms with Crippen LogP contribution in [0.25, 0.3) is 21.3 Å². The minimum Gasteiger partial charge on any atom is -0.370 e. The molecule has 7 heteroatoms. The molecule has 0 aliphatic carbocycles. The van der Waals surface area contributed by atoms with Crippen molar-refractivity contribution in [1.82, 2.24) is 9.55 Å². The Labute approximate surface area is 151 Å². The van der Waals surface area contributed by atoms with Crippen molar-refractivity contribution in [2.24, 2.45) is 5.73 Å². The zero-order chi connectivity index (χ0) is 17.3. The molecule has 2 heterocycles. The summed E-state index contributed by atoms with van der Waals surface area (Å²) in [7, 11) is 0. The highest BCUT2D eigenvalue weighted by atomic mass is 79.9. The lowest BCUT2D eigenvalue weighted by Gasteiger charge is -2.10. The Morgan fingerprint density at radius 2 is 2.04 bits per heavy atom. The van der Waals surface area contributed by atoms with Gasteiger partial charge in [0.1, 0.15) is 10.7 Å². The average Bonchev–Trinajstić information content (AvgIpc) is 2.98. The third kappa shape index (κ3) is 3.14. The van der Waals surface area contributed by atoms with Crippen molar-refractivity contribution in [1.29, 1.82) is 0 Å². The van der Waals surface area contributed by atoms with Crippen LogP contribution in [-0.4, -0.2) is 15.5 Å². The second-order valence-corrected chi connectivity index (χ2v) is 7.16. The van der Waals surface area contributed by atoms with Gasteiger partial charge in [0.15, 0.2) is 0 Å². The van der Waals surface area contributed by atoms with Crippen molar-refractivity contribution in [2.75, 3.05) is 0 Å². The first-order valence-electron chi connectivity index (χ1n) is 7.56. The zero-order valence-electron chi connectivity index (χ0n) is 13.1. The van der Waals surface area contributed by atoms with E-state index in [4.69, 9.17) is 5.73 Å². The quantitative estimate of drug-likeness (QED) is 0.706. The van der Waals surface area contributed by atoms with Gasteiger partial charge in [-0.25, -0.2) is 4.98 Å². The molecule has 0 aliphatic rings. The van der Waals surface area contributed by atoms with Crippen LogP contribution in [-0.2, 0) is 17.8 Å². The molecule has 2 N–H and O–H groups in total. The Hall–Kier alpha value is -1.99. The topological polar surface area (TPSA) is 78.0 Å². The number of aryl methyl sites for hydroxylation is 1. The van der Waals surface area contributed by atoms with E-state index >= 15 is 0 Å². The molecular formula is C17H16BrN3O2S. The standard InChI is InChI=1S/C17H16BrN3O2S/c1-2-14-20-16-15(17(23)21(14)8-7-13(19)22)12(9-24-16)10-3-5-11(18)6-4-10/h3-6,9H,2,7-8H2,1H3,(H2,19,22). The van der Waals surface area contributed by atoms with Crippen molar-refractivity contribution < 1.29 is 4.79 Å². The van der Waals surface area contributed by atoms with E-state index < -0.39 is 5.91 Å². The van der Waals surface area contributed by atoms with Crippen LogP contribution in [0.15, 0.2) is 38.9 Å². The first kappa shape index (κ1) is 16.9. The Morgan fingerprint density at radius 1 is 1.33 bits per heavy atom. The molecule has 0 aliphatic heterocycles. The number of carbonyl (C=O) groups excluding carboxylic acids is 1. The smallest absolute Gasteiger partial charge is 0.262 e. The lowest BCUT2D eigenvalue weighted by Crippen LogP contribution is -2.27. The second-order valence-electron chi connectivity index (χ2n) is 5.39. The van der Waals surface area contributed by atoms with Gasteiger partial charge >= 0.3 is 0 Å². The molecule has 1 aromatic carbocycles. The van der Waals surface area contributed by atoms with Gasteiger partial charge in [-0.15, -0.1) is 11.3 Å². The molecule has 3 aromatic rings.